The molecule has 0 spiro atoms. The van der Waals surface area contributed by atoms with Gasteiger partial charge < -0.3 is 10.2 Å². The Morgan fingerprint density at radius 2 is 1.84 bits per heavy atom. The average Bonchev–Trinajstić information content (AvgIpc) is 3.51. The zero-order valence-electron chi connectivity index (χ0n) is 18.6. The molecule has 3 atom stereocenters. The maximum Gasteiger partial charge on any atom is 0.243 e. The molecule has 0 saturated heterocycles. The van der Waals surface area contributed by atoms with Crippen LogP contribution in [0.2, 0.25) is 0 Å². The molecule has 0 radical (unpaired) electrons. The van der Waals surface area contributed by atoms with Crippen LogP contribution in [0.15, 0.2) is 23.1 Å². The van der Waals surface area contributed by atoms with Crippen LogP contribution in [0.25, 0.3) is 0 Å². The molecule has 170 valence electrons. The number of hydrogen-bond donors (Lipinski definition) is 1. The minimum atomic E-state index is -3.80. The molecule has 3 unspecified atom stereocenters. The van der Waals surface area contributed by atoms with Gasteiger partial charge in [-0.1, -0.05) is 19.8 Å². The number of anilines is 1. The van der Waals surface area contributed by atoms with Crippen molar-refractivity contribution in [2.24, 2.45) is 11.8 Å². The lowest BCUT2D eigenvalue weighted by Gasteiger charge is -2.30. The Morgan fingerprint density at radius 1 is 1.13 bits per heavy atom. The number of fused-ring (bicyclic) bond motifs is 1. The Morgan fingerprint density at radius 3 is 2.52 bits per heavy atom. The van der Waals surface area contributed by atoms with E-state index in [4.69, 9.17) is 0 Å². The number of nitrogens with one attached hydrogen (secondary N) is 1. The first-order valence-electron chi connectivity index (χ1n) is 11.4. The normalized spacial score (nSPS) is 26.1. The van der Waals surface area contributed by atoms with E-state index in [0.29, 0.717) is 12.3 Å². The van der Waals surface area contributed by atoms with Gasteiger partial charge in [-0.25, -0.2) is 8.42 Å². The highest BCUT2D eigenvalue weighted by atomic mass is 32.2. The summed E-state index contributed by atoms with van der Waals surface area (Å²) in [6.07, 6.45) is 6.84. The monoisotopic (exact) mass is 447 g/mol. The molecule has 1 N–H and O–H groups in total. The molecule has 1 heterocycles. The summed E-state index contributed by atoms with van der Waals surface area (Å²) < 4.78 is 27.3. The van der Waals surface area contributed by atoms with Gasteiger partial charge in [-0.3, -0.25) is 9.59 Å². The van der Waals surface area contributed by atoms with Crippen molar-refractivity contribution < 1.29 is 18.0 Å². The van der Waals surface area contributed by atoms with E-state index in [9.17, 15) is 18.0 Å². The van der Waals surface area contributed by atoms with Crippen LogP contribution in [0.4, 0.5) is 5.69 Å². The summed E-state index contributed by atoms with van der Waals surface area (Å²) in [6, 6.07) is 5.11. The van der Waals surface area contributed by atoms with Crippen LogP contribution in [0, 0.1) is 11.8 Å². The summed E-state index contributed by atoms with van der Waals surface area (Å²) in [5.41, 5.74) is 1.69. The van der Waals surface area contributed by atoms with E-state index in [-0.39, 0.29) is 41.3 Å². The summed E-state index contributed by atoms with van der Waals surface area (Å²) in [4.78, 5) is 27.1. The van der Waals surface area contributed by atoms with E-state index in [1.165, 1.54) is 13.5 Å². The minimum Gasteiger partial charge on any atom is -0.352 e. The van der Waals surface area contributed by atoms with E-state index in [1.807, 2.05) is 11.8 Å². The van der Waals surface area contributed by atoms with Gasteiger partial charge in [0.15, 0.2) is 0 Å². The van der Waals surface area contributed by atoms with E-state index in [0.717, 1.165) is 47.7 Å². The third-order valence-corrected chi connectivity index (χ3v) is 8.76. The summed E-state index contributed by atoms with van der Waals surface area (Å²) in [5.74, 6) is 0.418. The molecule has 2 amide bonds. The molecule has 1 aliphatic heterocycles. The van der Waals surface area contributed by atoms with Gasteiger partial charge >= 0.3 is 0 Å². The first-order chi connectivity index (χ1) is 14.7. The molecule has 1 aromatic carbocycles. The molecule has 2 aliphatic carbocycles. The standard InChI is InChI=1S/C23H33N3O4S/c1-15-6-4-5-7-20(15)24-22(27)14-25(3)31(29,30)19-10-11-21-18(13-19)12-16(2)26(21)23(28)17-8-9-17/h10-11,13,15-17,20H,4-9,12,14H2,1-3H3,(H,24,27). The van der Waals surface area contributed by atoms with E-state index in [1.54, 1.807) is 18.2 Å². The number of sulfonamides is 1. The van der Waals surface area contributed by atoms with Crippen LogP contribution in [0.3, 0.4) is 0 Å². The van der Waals surface area contributed by atoms with Gasteiger partial charge in [0.05, 0.1) is 11.4 Å². The number of rotatable bonds is 6. The average molecular weight is 448 g/mol. The predicted molar refractivity (Wildman–Crippen MR) is 119 cm³/mol. The summed E-state index contributed by atoms with van der Waals surface area (Å²) in [5, 5.41) is 3.02. The van der Waals surface area contributed by atoms with Crippen molar-refractivity contribution in [2.45, 2.75) is 75.8 Å². The van der Waals surface area contributed by atoms with Gasteiger partial charge in [-0.05, 0) is 68.7 Å². The Labute approximate surface area is 185 Å². The first kappa shape index (κ1) is 22.3. The van der Waals surface area contributed by atoms with Crippen LogP contribution in [-0.2, 0) is 26.0 Å². The van der Waals surface area contributed by atoms with Crippen LogP contribution in [0.1, 0.15) is 57.9 Å². The van der Waals surface area contributed by atoms with E-state index >= 15 is 0 Å². The Bertz CT molecular complexity index is 973. The van der Waals surface area contributed by atoms with Crippen LogP contribution < -0.4 is 10.2 Å². The third kappa shape index (κ3) is 4.51. The summed E-state index contributed by atoms with van der Waals surface area (Å²) in [6.45, 7) is 3.93. The lowest BCUT2D eigenvalue weighted by atomic mass is 9.86. The number of benzene rings is 1. The lowest BCUT2D eigenvalue weighted by Crippen LogP contribution is -2.46. The van der Waals surface area contributed by atoms with Crippen molar-refractivity contribution in [2.75, 3.05) is 18.5 Å². The number of carbonyl (C=O) groups excluding carboxylic acids is 2. The highest BCUT2D eigenvalue weighted by molar-refractivity contribution is 7.89. The molecule has 4 rings (SSSR count). The summed E-state index contributed by atoms with van der Waals surface area (Å²) >= 11 is 0. The Hall–Kier alpha value is -1.93. The molecule has 1 aromatic rings. The number of likely N-dealkylation sites (N-methyl/N-ethyl adjacent to an activating group) is 1. The fourth-order valence-electron chi connectivity index (χ4n) is 4.88. The highest BCUT2D eigenvalue weighted by Crippen LogP contribution is 2.39. The van der Waals surface area contributed by atoms with E-state index < -0.39 is 10.0 Å². The smallest absolute Gasteiger partial charge is 0.243 e. The van der Waals surface area contributed by atoms with Gasteiger partial charge in [0, 0.05) is 30.7 Å². The molecule has 3 aliphatic rings. The zero-order chi connectivity index (χ0) is 22.3. The third-order valence-electron chi connectivity index (χ3n) is 6.96. The van der Waals surface area contributed by atoms with E-state index in [2.05, 4.69) is 12.2 Å². The second-order valence-electron chi connectivity index (χ2n) is 9.52. The van der Waals surface area contributed by atoms with Crippen molar-refractivity contribution in [3.63, 3.8) is 0 Å². The van der Waals surface area contributed by atoms with Gasteiger partial charge in [0.2, 0.25) is 21.8 Å². The molecular formula is C23H33N3O4S. The fourth-order valence-corrected chi connectivity index (χ4v) is 6.06. The molecule has 0 aromatic heterocycles. The maximum atomic E-state index is 13.1. The maximum absolute atomic E-state index is 13.1. The number of nitrogens with zero attached hydrogens (tertiary/aromatic N) is 2. The number of carbonyl (C=O) groups is 2. The zero-order valence-corrected chi connectivity index (χ0v) is 19.5. The quantitative estimate of drug-likeness (QED) is 0.726. The minimum absolute atomic E-state index is 0.0297. The second-order valence-corrected chi connectivity index (χ2v) is 11.6. The van der Waals surface area contributed by atoms with Crippen LogP contribution in [0.5, 0.6) is 0 Å². The summed E-state index contributed by atoms with van der Waals surface area (Å²) in [7, 11) is -2.36. The molecule has 8 heteroatoms. The van der Waals surface area contributed by atoms with Crippen molar-refractivity contribution >= 4 is 27.5 Å². The van der Waals surface area contributed by atoms with Gasteiger partial charge in [0.25, 0.3) is 0 Å². The van der Waals surface area contributed by atoms with Crippen molar-refractivity contribution in [1.82, 2.24) is 9.62 Å². The van der Waals surface area contributed by atoms with Crippen LogP contribution in [-0.4, -0.2) is 50.2 Å². The number of amides is 2. The predicted octanol–water partition coefficient (Wildman–Crippen LogP) is 2.69. The fraction of sp³-hybridized carbons (Fsp3) is 0.652. The second kappa shape index (κ2) is 8.54. The Kier molecular flexibility index (Phi) is 6.14. The van der Waals surface area contributed by atoms with Crippen LogP contribution >= 0.6 is 0 Å². The molecule has 2 saturated carbocycles. The lowest BCUT2D eigenvalue weighted by molar-refractivity contribution is -0.122. The molecule has 7 nitrogen and oxygen atoms in total. The molecular weight excluding hydrogens is 414 g/mol. The van der Waals surface area contributed by atoms with Gasteiger partial charge in [0.1, 0.15) is 0 Å². The largest absolute Gasteiger partial charge is 0.352 e. The van der Waals surface area contributed by atoms with Crippen molar-refractivity contribution in [3.05, 3.63) is 23.8 Å². The highest BCUT2D eigenvalue weighted by Gasteiger charge is 2.40. The topological polar surface area (TPSA) is 86.8 Å². The molecule has 2 fully saturated rings. The SMILES string of the molecule is CC1CCCCC1NC(=O)CN(C)S(=O)(=O)c1ccc2c(c1)CC(C)N2C(=O)C1CC1. The van der Waals surface area contributed by atoms with Crippen molar-refractivity contribution in [3.8, 4) is 0 Å². The van der Waals surface area contributed by atoms with Crippen molar-refractivity contribution in [1.29, 1.82) is 0 Å². The molecule has 31 heavy (non-hydrogen) atoms. The van der Waals surface area contributed by atoms with Gasteiger partial charge in [-0.2, -0.15) is 4.31 Å². The molecule has 0 bridgehead atoms. The number of hydrogen-bond acceptors (Lipinski definition) is 4. The Balaban J connectivity index is 1.45. The first-order valence-corrected chi connectivity index (χ1v) is 12.8. The van der Waals surface area contributed by atoms with Gasteiger partial charge in [-0.15, -0.1) is 0 Å².